The zero-order valence-electron chi connectivity index (χ0n) is 8.40. The summed E-state index contributed by atoms with van der Waals surface area (Å²) in [5.74, 6) is 0.844. The molecule has 0 radical (unpaired) electrons. The van der Waals surface area contributed by atoms with Gasteiger partial charge in [0, 0.05) is 6.42 Å². The SMILES string of the molecule is COc1ccc(C2=NN=C(Cl)CC2)cc1. The maximum atomic E-state index is 5.74. The molecule has 3 nitrogen and oxygen atoms in total. The van der Waals surface area contributed by atoms with E-state index < -0.39 is 0 Å². The van der Waals surface area contributed by atoms with E-state index in [-0.39, 0.29) is 0 Å². The van der Waals surface area contributed by atoms with Gasteiger partial charge in [0.2, 0.25) is 0 Å². The molecule has 2 rings (SSSR count). The Morgan fingerprint density at radius 2 is 1.87 bits per heavy atom. The second-order valence-electron chi connectivity index (χ2n) is 3.25. The molecule has 15 heavy (non-hydrogen) atoms. The Morgan fingerprint density at radius 3 is 2.40 bits per heavy atom. The number of nitrogens with zero attached hydrogens (tertiary/aromatic N) is 2. The lowest BCUT2D eigenvalue weighted by Gasteiger charge is -2.09. The van der Waals surface area contributed by atoms with Crippen LogP contribution in [0.5, 0.6) is 5.75 Å². The predicted octanol–water partition coefficient (Wildman–Crippen LogP) is 2.83. The van der Waals surface area contributed by atoms with Crippen LogP contribution in [-0.4, -0.2) is 18.0 Å². The third-order valence-electron chi connectivity index (χ3n) is 2.27. The van der Waals surface area contributed by atoms with E-state index in [1.54, 1.807) is 7.11 Å². The van der Waals surface area contributed by atoms with E-state index in [9.17, 15) is 0 Å². The fourth-order valence-corrected chi connectivity index (χ4v) is 1.55. The van der Waals surface area contributed by atoms with Gasteiger partial charge in [0.25, 0.3) is 0 Å². The van der Waals surface area contributed by atoms with E-state index in [0.29, 0.717) is 5.17 Å². The minimum atomic E-state index is 0.576. The second kappa shape index (κ2) is 4.45. The average molecular weight is 223 g/mol. The summed E-state index contributed by atoms with van der Waals surface area (Å²) in [4.78, 5) is 0. The fourth-order valence-electron chi connectivity index (χ4n) is 1.42. The number of rotatable bonds is 2. The van der Waals surface area contributed by atoms with Gasteiger partial charge in [0.1, 0.15) is 10.9 Å². The van der Waals surface area contributed by atoms with Crippen LogP contribution in [0.25, 0.3) is 0 Å². The van der Waals surface area contributed by atoms with Crippen LogP contribution in [0.3, 0.4) is 0 Å². The van der Waals surface area contributed by atoms with Crippen LogP contribution in [0, 0.1) is 0 Å². The Labute approximate surface area is 93.4 Å². The molecular formula is C11H11ClN2O. The van der Waals surface area contributed by atoms with Crippen molar-refractivity contribution < 1.29 is 4.74 Å². The number of hydrogen-bond acceptors (Lipinski definition) is 3. The molecule has 0 fully saturated rings. The van der Waals surface area contributed by atoms with Gasteiger partial charge < -0.3 is 4.74 Å². The molecule has 1 aromatic rings. The molecule has 0 aromatic heterocycles. The van der Waals surface area contributed by atoms with E-state index in [2.05, 4.69) is 10.2 Å². The summed E-state index contributed by atoms with van der Waals surface area (Å²) in [7, 11) is 1.65. The molecule has 4 heteroatoms. The van der Waals surface area contributed by atoms with Crippen molar-refractivity contribution in [3.63, 3.8) is 0 Å². The largest absolute Gasteiger partial charge is 0.497 e. The van der Waals surface area contributed by atoms with Gasteiger partial charge in [-0.2, -0.15) is 5.10 Å². The van der Waals surface area contributed by atoms with E-state index in [4.69, 9.17) is 16.3 Å². The van der Waals surface area contributed by atoms with Crippen LogP contribution in [0.2, 0.25) is 0 Å². The van der Waals surface area contributed by atoms with Crippen LogP contribution in [0.4, 0.5) is 0 Å². The van der Waals surface area contributed by atoms with Crippen LogP contribution in [0.1, 0.15) is 18.4 Å². The molecule has 1 heterocycles. The number of halogens is 1. The van der Waals surface area contributed by atoms with Crippen molar-refractivity contribution in [3.8, 4) is 5.75 Å². The Bertz CT molecular complexity index is 409. The third kappa shape index (κ3) is 2.36. The van der Waals surface area contributed by atoms with Crippen LogP contribution >= 0.6 is 11.6 Å². The first-order valence-electron chi connectivity index (χ1n) is 4.73. The first-order chi connectivity index (χ1) is 7.29. The molecule has 0 amide bonds. The highest BCUT2D eigenvalue weighted by atomic mass is 35.5. The Hall–Kier alpha value is -1.35. The highest BCUT2D eigenvalue weighted by Crippen LogP contribution is 2.17. The van der Waals surface area contributed by atoms with E-state index in [1.165, 1.54) is 0 Å². The molecular weight excluding hydrogens is 212 g/mol. The summed E-state index contributed by atoms with van der Waals surface area (Å²) in [6.45, 7) is 0. The zero-order chi connectivity index (χ0) is 10.7. The van der Waals surface area contributed by atoms with Crippen LogP contribution in [0.15, 0.2) is 34.5 Å². The van der Waals surface area contributed by atoms with Gasteiger partial charge in [-0.15, -0.1) is 5.10 Å². The minimum Gasteiger partial charge on any atom is -0.497 e. The summed E-state index contributed by atoms with van der Waals surface area (Å²) in [5, 5.41) is 8.51. The number of methoxy groups -OCH3 is 1. The lowest BCUT2D eigenvalue weighted by Crippen LogP contribution is -2.06. The molecule has 0 unspecified atom stereocenters. The first kappa shape index (κ1) is 10.2. The smallest absolute Gasteiger partial charge is 0.129 e. The molecule has 0 saturated carbocycles. The summed E-state index contributed by atoms with van der Waals surface area (Å²) in [5.41, 5.74) is 2.05. The second-order valence-corrected chi connectivity index (χ2v) is 3.69. The average Bonchev–Trinajstić information content (AvgIpc) is 2.30. The Kier molecular flexibility index (Phi) is 3.02. The molecule has 1 aliphatic rings. The Morgan fingerprint density at radius 1 is 1.13 bits per heavy atom. The monoisotopic (exact) mass is 222 g/mol. The summed E-state index contributed by atoms with van der Waals surface area (Å²) < 4.78 is 5.09. The minimum absolute atomic E-state index is 0.576. The van der Waals surface area contributed by atoms with Crippen molar-refractivity contribution in [1.82, 2.24) is 0 Å². The van der Waals surface area contributed by atoms with Crippen molar-refractivity contribution >= 4 is 22.5 Å². The van der Waals surface area contributed by atoms with Gasteiger partial charge >= 0.3 is 0 Å². The normalized spacial score (nSPS) is 15.6. The summed E-state index contributed by atoms with van der Waals surface area (Å²) in [6, 6.07) is 7.79. The first-order valence-corrected chi connectivity index (χ1v) is 5.11. The molecule has 1 aromatic carbocycles. The number of ether oxygens (including phenoxy) is 1. The topological polar surface area (TPSA) is 34.0 Å². The van der Waals surface area contributed by atoms with Crippen molar-refractivity contribution in [2.75, 3.05) is 7.11 Å². The highest BCUT2D eigenvalue weighted by Gasteiger charge is 2.09. The van der Waals surface area contributed by atoms with E-state index in [0.717, 1.165) is 29.9 Å². The summed E-state index contributed by atoms with van der Waals surface area (Å²) in [6.07, 6.45) is 1.61. The standard InChI is InChI=1S/C11H11ClN2O/c1-15-9-4-2-8(3-5-9)10-6-7-11(12)14-13-10/h2-5H,6-7H2,1H3. The molecule has 0 aliphatic carbocycles. The predicted molar refractivity (Wildman–Crippen MR) is 62.1 cm³/mol. The number of hydrogen-bond donors (Lipinski definition) is 0. The van der Waals surface area contributed by atoms with Gasteiger partial charge in [-0.3, -0.25) is 0 Å². The van der Waals surface area contributed by atoms with Crippen molar-refractivity contribution in [1.29, 1.82) is 0 Å². The van der Waals surface area contributed by atoms with Crippen LogP contribution < -0.4 is 4.74 Å². The maximum absolute atomic E-state index is 5.74. The molecule has 0 saturated heterocycles. The number of benzene rings is 1. The van der Waals surface area contributed by atoms with Gasteiger partial charge in [0.15, 0.2) is 0 Å². The fraction of sp³-hybridized carbons (Fsp3) is 0.273. The van der Waals surface area contributed by atoms with E-state index in [1.807, 2.05) is 24.3 Å². The van der Waals surface area contributed by atoms with Gasteiger partial charge in [-0.1, -0.05) is 11.6 Å². The molecule has 0 atom stereocenters. The lowest BCUT2D eigenvalue weighted by molar-refractivity contribution is 0.415. The van der Waals surface area contributed by atoms with Crippen molar-refractivity contribution in [3.05, 3.63) is 29.8 Å². The van der Waals surface area contributed by atoms with Gasteiger partial charge in [-0.25, -0.2) is 0 Å². The zero-order valence-corrected chi connectivity index (χ0v) is 9.16. The third-order valence-corrected chi connectivity index (χ3v) is 2.54. The van der Waals surface area contributed by atoms with Crippen molar-refractivity contribution in [2.24, 2.45) is 10.2 Å². The molecule has 0 spiro atoms. The van der Waals surface area contributed by atoms with Gasteiger partial charge in [0.05, 0.1) is 12.8 Å². The molecule has 0 N–H and O–H groups in total. The van der Waals surface area contributed by atoms with Crippen molar-refractivity contribution in [2.45, 2.75) is 12.8 Å². The van der Waals surface area contributed by atoms with Gasteiger partial charge in [-0.05, 0) is 36.2 Å². The highest BCUT2D eigenvalue weighted by molar-refractivity contribution is 6.65. The maximum Gasteiger partial charge on any atom is 0.129 e. The molecule has 0 bridgehead atoms. The Balaban J connectivity index is 2.23. The molecule has 1 aliphatic heterocycles. The summed E-state index contributed by atoms with van der Waals surface area (Å²) >= 11 is 5.74. The molecule has 78 valence electrons. The van der Waals surface area contributed by atoms with E-state index >= 15 is 0 Å². The van der Waals surface area contributed by atoms with Crippen LogP contribution in [-0.2, 0) is 0 Å². The lowest BCUT2D eigenvalue weighted by atomic mass is 10.1. The quantitative estimate of drug-likeness (QED) is 0.758.